The molecule has 2 aromatic carbocycles. The van der Waals surface area contributed by atoms with Gasteiger partial charge < -0.3 is 9.32 Å². The van der Waals surface area contributed by atoms with Crippen molar-refractivity contribution in [2.75, 3.05) is 13.1 Å². The summed E-state index contributed by atoms with van der Waals surface area (Å²) in [5.41, 5.74) is 4.72. The summed E-state index contributed by atoms with van der Waals surface area (Å²) >= 11 is 0. The van der Waals surface area contributed by atoms with Crippen LogP contribution in [0.1, 0.15) is 30.7 Å². The second-order valence-corrected chi connectivity index (χ2v) is 9.37. The number of H-pyrrole nitrogens is 1. The third kappa shape index (κ3) is 3.67. The highest BCUT2D eigenvalue weighted by molar-refractivity contribution is 5.86. The summed E-state index contributed by atoms with van der Waals surface area (Å²) in [7, 11) is 0. The predicted octanol–water partition coefficient (Wildman–Crippen LogP) is 4.08. The van der Waals surface area contributed by atoms with Gasteiger partial charge in [0.25, 0.3) is 0 Å². The highest BCUT2D eigenvalue weighted by atomic mass is 16.3. The molecule has 7 heteroatoms. The van der Waals surface area contributed by atoms with Gasteiger partial charge in [0.1, 0.15) is 11.4 Å². The summed E-state index contributed by atoms with van der Waals surface area (Å²) < 4.78 is 7.20. The summed E-state index contributed by atoms with van der Waals surface area (Å²) in [6.07, 6.45) is 5.46. The molecule has 1 amide bonds. The zero-order chi connectivity index (χ0) is 22.5. The first-order chi connectivity index (χ1) is 16.1. The van der Waals surface area contributed by atoms with Gasteiger partial charge in [0.15, 0.2) is 0 Å². The third-order valence-corrected chi connectivity index (χ3v) is 6.96. The molecule has 1 N–H and O–H groups in total. The van der Waals surface area contributed by atoms with Gasteiger partial charge in [0.2, 0.25) is 5.91 Å². The van der Waals surface area contributed by atoms with Crippen LogP contribution in [0.5, 0.6) is 0 Å². The van der Waals surface area contributed by atoms with Crippen LogP contribution in [-0.2, 0) is 11.2 Å². The molecule has 2 aromatic heterocycles. The number of aryl methyl sites for hydroxylation is 1. The lowest BCUT2D eigenvalue weighted by molar-refractivity contribution is -0.131. The molecule has 1 saturated heterocycles. The monoisotopic (exact) mass is 442 g/mol. The fraction of sp³-hybridized carbons (Fsp3) is 0.346. The molecule has 33 heavy (non-hydrogen) atoms. The largest absolute Gasteiger partial charge is 0.464 e. The molecule has 0 bridgehead atoms. The van der Waals surface area contributed by atoms with E-state index in [-0.39, 0.29) is 11.6 Å². The van der Waals surface area contributed by atoms with Crippen molar-refractivity contribution in [1.82, 2.24) is 19.7 Å². The van der Waals surface area contributed by atoms with E-state index in [4.69, 9.17) is 4.42 Å². The summed E-state index contributed by atoms with van der Waals surface area (Å²) in [4.78, 5) is 26.9. The number of rotatable bonds is 5. The Hall–Kier alpha value is -3.61. The molecule has 0 spiro atoms. The zero-order valence-corrected chi connectivity index (χ0v) is 18.6. The quantitative estimate of drug-likeness (QED) is 0.505. The Balaban J connectivity index is 1.22. The van der Waals surface area contributed by atoms with Crippen molar-refractivity contribution in [3.8, 4) is 16.8 Å². The SMILES string of the molecule is Cc1coc2ccc(-c3ccc(-n4c(C[C@@H]5CCN(C(=O)C6CC6)C5)n[nH]c4=O)cc3)cc12. The number of nitrogens with zero attached hydrogens (tertiary/aromatic N) is 3. The van der Waals surface area contributed by atoms with Crippen molar-refractivity contribution in [3.63, 3.8) is 0 Å². The number of carbonyl (C=O) groups excluding carboxylic acids is 1. The van der Waals surface area contributed by atoms with Gasteiger partial charge in [-0.1, -0.05) is 18.2 Å². The van der Waals surface area contributed by atoms with Gasteiger partial charge in [-0.25, -0.2) is 14.5 Å². The first kappa shape index (κ1) is 20.0. The van der Waals surface area contributed by atoms with Crippen LogP contribution in [0.2, 0.25) is 0 Å². The normalized spacial score (nSPS) is 18.3. The van der Waals surface area contributed by atoms with Crippen molar-refractivity contribution >= 4 is 16.9 Å². The number of aromatic amines is 1. The number of hydrogen-bond acceptors (Lipinski definition) is 4. The smallest absolute Gasteiger partial charge is 0.347 e. The van der Waals surface area contributed by atoms with E-state index in [1.54, 1.807) is 10.8 Å². The van der Waals surface area contributed by atoms with Crippen molar-refractivity contribution in [2.24, 2.45) is 11.8 Å². The maximum Gasteiger partial charge on any atom is 0.347 e. The van der Waals surface area contributed by atoms with Gasteiger partial charge in [-0.3, -0.25) is 4.79 Å². The molecular weight excluding hydrogens is 416 g/mol. The second-order valence-electron chi connectivity index (χ2n) is 9.37. The lowest BCUT2D eigenvalue weighted by atomic mass is 10.0. The first-order valence-corrected chi connectivity index (χ1v) is 11.6. The standard InChI is InChI=1S/C26H26N4O3/c1-16-15-33-23-9-6-20(13-22(16)23)18-4-7-21(8-5-18)30-24(27-28-26(30)32)12-17-10-11-29(14-17)25(31)19-2-3-19/h4-9,13,15,17,19H,2-3,10-12,14H2,1H3,(H,28,32)/t17-/m0/s1. The molecule has 2 aliphatic rings. The fourth-order valence-electron chi connectivity index (χ4n) is 4.92. The van der Waals surface area contributed by atoms with E-state index in [0.717, 1.165) is 65.7 Å². The Bertz CT molecular complexity index is 1390. The Labute approximate surface area is 191 Å². The van der Waals surface area contributed by atoms with Crippen LogP contribution in [0, 0.1) is 18.8 Å². The molecule has 7 nitrogen and oxygen atoms in total. The highest BCUT2D eigenvalue weighted by Gasteiger charge is 2.36. The fourth-order valence-corrected chi connectivity index (χ4v) is 4.92. The molecule has 1 saturated carbocycles. The van der Waals surface area contributed by atoms with E-state index in [1.165, 1.54) is 0 Å². The minimum Gasteiger partial charge on any atom is -0.464 e. The third-order valence-electron chi connectivity index (χ3n) is 6.96. The Morgan fingerprint density at radius 2 is 1.91 bits per heavy atom. The Morgan fingerprint density at radius 3 is 2.70 bits per heavy atom. The molecule has 3 heterocycles. The summed E-state index contributed by atoms with van der Waals surface area (Å²) in [5, 5.41) is 8.02. The minimum atomic E-state index is -0.239. The van der Waals surface area contributed by atoms with Crippen LogP contribution in [0.25, 0.3) is 27.8 Å². The summed E-state index contributed by atoms with van der Waals surface area (Å²) in [6, 6.07) is 14.1. The topological polar surface area (TPSA) is 84.1 Å². The predicted molar refractivity (Wildman–Crippen MR) is 125 cm³/mol. The highest BCUT2D eigenvalue weighted by Crippen LogP contribution is 2.33. The number of hydrogen-bond donors (Lipinski definition) is 1. The van der Waals surface area contributed by atoms with Gasteiger partial charge >= 0.3 is 5.69 Å². The molecular formula is C26H26N4O3. The number of benzene rings is 2. The maximum absolute atomic E-state index is 12.6. The molecule has 6 rings (SSSR count). The van der Waals surface area contributed by atoms with Crippen LogP contribution >= 0.6 is 0 Å². The number of aromatic nitrogens is 3. The lowest BCUT2D eigenvalue weighted by Crippen LogP contribution is -2.30. The van der Waals surface area contributed by atoms with Crippen LogP contribution in [-0.4, -0.2) is 38.7 Å². The van der Waals surface area contributed by atoms with Crippen LogP contribution < -0.4 is 5.69 Å². The number of carbonyl (C=O) groups is 1. The first-order valence-electron chi connectivity index (χ1n) is 11.6. The number of amides is 1. The molecule has 0 radical (unpaired) electrons. The molecule has 1 aliphatic heterocycles. The van der Waals surface area contributed by atoms with Crippen LogP contribution in [0.3, 0.4) is 0 Å². The molecule has 168 valence electrons. The second kappa shape index (κ2) is 7.76. The minimum absolute atomic E-state index is 0.239. The van der Waals surface area contributed by atoms with Gasteiger partial charge in [0, 0.05) is 30.8 Å². The van der Waals surface area contributed by atoms with E-state index in [9.17, 15) is 9.59 Å². The number of fused-ring (bicyclic) bond motifs is 1. The Kier molecular flexibility index (Phi) is 4.71. The van der Waals surface area contributed by atoms with Crippen LogP contribution in [0.4, 0.5) is 0 Å². The lowest BCUT2D eigenvalue weighted by Gasteiger charge is -2.16. The summed E-state index contributed by atoms with van der Waals surface area (Å²) in [5.74, 6) is 1.60. The van der Waals surface area contributed by atoms with E-state index in [2.05, 4.69) is 16.3 Å². The number of likely N-dealkylation sites (tertiary alicyclic amines) is 1. The molecule has 4 aromatic rings. The van der Waals surface area contributed by atoms with E-state index >= 15 is 0 Å². The summed E-state index contributed by atoms with van der Waals surface area (Å²) in [6.45, 7) is 3.60. The maximum atomic E-state index is 12.6. The average Bonchev–Trinajstić information content (AvgIpc) is 3.32. The van der Waals surface area contributed by atoms with E-state index in [0.29, 0.717) is 24.1 Å². The van der Waals surface area contributed by atoms with E-state index in [1.807, 2.05) is 48.2 Å². The van der Waals surface area contributed by atoms with Gasteiger partial charge in [0.05, 0.1) is 12.0 Å². The Morgan fingerprint density at radius 1 is 1.12 bits per heavy atom. The molecule has 0 unspecified atom stereocenters. The van der Waals surface area contributed by atoms with Crippen molar-refractivity contribution in [3.05, 3.63) is 70.6 Å². The van der Waals surface area contributed by atoms with Gasteiger partial charge in [-0.2, -0.15) is 5.10 Å². The molecule has 2 fully saturated rings. The zero-order valence-electron chi connectivity index (χ0n) is 18.6. The number of nitrogens with one attached hydrogen (secondary N) is 1. The average molecular weight is 443 g/mol. The van der Waals surface area contributed by atoms with Crippen molar-refractivity contribution < 1.29 is 9.21 Å². The van der Waals surface area contributed by atoms with Crippen LogP contribution in [0.15, 0.2) is 57.9 Å². The van der Waals surface area contributed by atoms with Gasteiger partial charge in [-0.05, 0) is 73.1 Å². The molecule has 1 aliphatic carbocycles. The number of furan rings is 1. The van der Waals surface area contributed by atoms with Gasteiger partial charge in [-0.15, -0.1) is 0 Å². The van der Waals surface area contributed by atoms with Crippen molar-refractivity contribution in [1.29, 1.82) is 0 Å². The van der Waals surface area contributed by atoms with Crippen molar-refractivity contribution in [2.45, 2.75) is 32.6 Å². The molecule has 1 atom stereocenters. The van der Waals surface area contributed by atoms with E-state index < -0.39 is 0 Å².